The van der Waals surface area contributed by atoms with Crippen molar-refractivity contribution < 1.29 is 4.79 Å². The molecule has 0 aromatic heterocycles. The van der Waals surface area contributed by atoms with Gasteiger partial charge in [-0.25, -0.2) is 0 Å². The van der Waals surface area contributed by atoms with Crippen LogP contribution in [0.3, 0.4) is 0 Å². The summed E-state index contributed by atoms with van der Waals surface area (Å²) in [6.07, 6.45) is 2.50. The number of rotatable bonds is 0. The van der Waals surface area contributed by atoms with Gasteiger partial charge >= 0.3 is 90.4 Å². The summed E-state index contributed by atoms with van der Waals surface area (Å²) in [4.78, 5) is 12.3. The van der Waals surface area contributed by atoms with Gasteiger partial charge in [-0.3, -0.25) is 0 Å². The minimum atomic E-state index is 0.0532. The van der Waals surface area contributed by atoms with Crippen molar-refractivity contribution in [2.75, 3.05) is 0 Å². The Kier molecular flexibility index (Phi) is 1.46. The van der Waals surface area contributed by atoms with Crippen LogP contribution < -0.4 is 0 Å². The fourth-order valence-electron chi connectivity index (χ4n) is 3.35. The van der Waals surface area contributed by atoms with E-state index < -0.39 is 0 Å². The van der Waals surface area contributed by atoms with Gasteiger partial charge < -0.3 is 0 Å². The van der Waals surface area contributed by atoms with Crippen LogP contribution >= 0.6 is 0 Å². The molecule has 1 saturated heterocycles. The summed E-state index contributed by atoms with van der Waals surface area (Å²) in [5, 5.41) is 0. The number of fused-ring (bicyclic) bond motifs is 3. The molecule has 1 spiro atoms. The van der Waals surface area contributed by atoms with Crippen LogP contribution in [0, 0.1) is 16.7 Å². The Morgan fingerprint density at radius 3 is 2.23 bits per heavy atom. The predicted octanol–water partition coefficient (Wildman–Crippen LogP) is 1.46. The molecule has 1 heterocycles. The zero-order valence-corrected chi connectivity index (χ0v) is 11.6. The summed E-state index contributed by atoms with van der Waals surface area (Å²) in [5.41, 5.74) is 0.363. The summed E-state index contributed by atoms with van der Waals surface area (Å²) in [6.45, 7) is 6.90. The standard InChI is InChI=1S/C10H14OSe2/c1-8(2)6-4-5-9(8,3)7(11)10(6)12-13-10/h6H,4-5H2,1-3H3. The fourth-order valence-corrected chi connectivity index (χ4v) is 12.2. The molecule has 3 aliphatic rings. The summed E-state index contributed by atoms with van der Waals surface area (Å²) in [7, 11) is 0. The molecule has 2 unspecified atom stereocenters. The average Bonchev–Trinajstić information content (AvgIpc) is 2.76. The SMILES string of the molecule is CC12CCC(C3([Se][Se]3)C1=O)C2(C)C. The average molecular weight is 308 g/mol. The molecule has 3 fully saturated rings. The summed E-state index contributed by atoms with van der Waals surface area (Å²) < 4.78 is 0.302. The third-order valence-corrected chi connectivity index (χ3v) is 13.6. The van der Waals surface area contributed by atoms with E-state index in [4.69, 9.17) is 0 Å². The van der Waals surface area contributed by atoms with E-state index >= 15 is 0 Å². The van der Waals surface area contributed by atoms with Crippen LogP contribution in [0.2, 0.25) is 3.21 Å². The summed E-state index contributed by atoms with van der Waals surface area (Å²) >= 11 is 1.44. The van der Waals surface area contributed by atoms with Crippen molar-refractivity contribution in [2.45, 2.75) is 36.8 Å². The van der Waals surface area contributed by atoms with E-state index in [1.54, 1.807) is 0 Å². The number of carbonyl (C=O) groups excluding carboxylic acids is 1. The summed E-state index contributed by atoms with van der Waals surface area (Å²) in [6, 6.07) is 0. The van der Waals surface area contributed by atoms with Crippen molar-refractivity contribution in [2.24, 2.45) is 16.7 Å². The Labute approximate surface area is 90.3 Å². The van der Waals surface area contributed by atoms with Gasteiger partial charge in [-0.05, 0) is 0 Å². The molecule has 3 rings (SSSR count). The number of hydrogen-bond donors (Lipinski definition) is 0. The van der Waals surface area contributed by atoms with Crippen LogP contribution in [0.15, 0.2) is 0 Å². The first-order chi connectivity index (χ1) is 5.95. The van der Waals surface area contributed by atoms with Crippen molar-refractivity contribution in [1.82, 2.24) is 0 Å². The number of Topliss-reactive ketones (excluding diaryl/α,β-unsaturated/α-hetero) is 1. The second-order valence-corrected chi connectivity index (χ2v) is 13.7. The van der Waals surface area contributed by atoms with Crippen LogP contribution in [0.25, 0.3) is 0 Å². The number of carbonyl (C=O) groups is 1. The zero-order valence-electron chi connectivity index (χ0n) is 8.22. The molecule has 72 valence electrons. The molecule has 0 aromatic carbocycles. The van der Waals surface area contributed by atoms with E-state index in [1.807, 2.05) is 0 Å². The van der Waals surface area contributed by atoms with Crippen molar-refractivity contribution >= 4 is 32.0 Å². The Hall–Kier alpha value is 0.709. The maximum absolute atomic E-state index is 12.3. The molecule has 2 bridgehead atoms. The molecule has 0 N–H and O–H groups in total. The minimum absolute atomic E-state index is 0.0532. The maximum atomic E-state index is 12.3. The second kappa shape index (κ2) is 2.11. The van der Waals surface area contributed by atoms with Gasteiger partial charge in [0.05, 0.1) is 0 Å². The van der Waals surface area contributed by atoms with E-state index in [9.17, 15) is 4.79 Å². The van der Waals surface area contributed by atoms with E-state index in [1.165, 1.54) is 6.42 Å². The van der Waals surface area contributed by atoms with E-state index in [2.05, 4.69) is 20.8 Å². The number of ketones is 1. The van der Waals surface area contributed by atoms with Crippen molar-refractivity contribution in [3.63, 3.8) is 0 Å². The second-order valence-electron chi connectivity index (χ2n) is 5.31. The van der Waals surface area contributed by atoms with E-state index in [-0.39, 0.29) is 5.41 Å². The molecule has 13 heavy (non-hydrogen) atoms. The predicted molar refractivity (Wildman–Crippen MR) is 53.8 cm³/mol. The van der Waals surface area contributed by atoms with Gasteiger partial charge in [0.15, 0.2) is 0 Å². The molecular formula is C10H14OSe2. The number of hydrogen-bond acceptors (Lipinski definition) is 1. The van der Waals surface area contributed by atoms with Gasteiger partial charge in [-0.15, -0.1) is 0 Å². The van der Waals surface area contributed by atoms with Crippen molar-refractivity contribution in [3.05, 3.63) is 0 Å². The molecule has 1 aliphatic heterocycles. The van der Waals surface area contributed by atoms with Gasteiger partial charge in [-0.2, -0.15) is 0 Å². The van der Waals surface area contributed by atoms with Gasteiger partial charge in [0.1, 0.15) is 0 Å². The van der Waals surface area contributed by atoms with Gasteiger partial charge in [-0.1, -0.05) is 0 Å². The Morgan fingerprint density at radius 2 is 1.92 bits per heavy atom. The molecule has 0 amide bonds. The van der Waals surface area contributed by atoms with E-state index in [0.717, 1.165) is 38.6 Å². The molecule has 2 aliphatic carbocycles. The van der Waals surface area contributed by atoms with Crippen LogP contribution in [0.5, 0.6) is 0 Å². The third kappa shape index (κ3) is 0.729. The molecule has 0 aromatic rings. The topological polar surface area (TPSA) is 17.1 Å². The van der Waals surface area contributed by atoms with Crippen molar-refractivity contribution in [1.29, 1.82) is 0 Å². The van der Waals surface area contributed by atoms with Gasteiger partial charge in [0.2, 0.25) is 0 Å². The molecule has 2 saturated carbocycles. The fraction of sp³-hybridized carbons (Fsp3) is 0.900. The van der Waals surface area contributed by atoms with E-state index in [0.29, 0.717) is 14.4 Å². The van der Waals surface area contributed by atoms with Crippen molar-refractivity contribution in [3.8, 4) is 0 Å². The first-order valence-corrected chi connectivity index (χ1v) is 10.9. The first-order valence-electron chi connectivity index (χ1n) is 4.87. The quantitative estimate of drug-likeness (QED) is 0.619. The Morgan fingerprint density at radius 1 is 1.31 bits per heavy atom. The molecular weight excluding hydrogens is 294 g/mol. The Bertz CT molecular complexity index is 306. The van der Waals surface area contributed by atoms with Crippen LogP contribution in [-0.2, 0) is 4.79 Å². The van der Waals surface area contributed by atoms with Gasteiger partial charge in [0, 0.05) is 0 Å². The molecule has 3 heteroatoms. The Balaban J connectivity index is 2.19. The van der Waals surface area contributed by atoms with Crippen LogP contribution in [-0.4, -0.2) is 32.0 Å². The molecule has 2 atom stereocenters. The zero-order chi connectivity index (χ0) is 9.48. The first kappa shape index (κ1) is 8.97. The third-order valence-electron chi connectivity index (χ3n) is 4.77. The van der Waals surface area contributed by atoms with Crippen LogP contribution in [0.1, 0.15) is 33.6 Å². The van der Waals surface area contributed by atoms with Gasteiger partial charge in [0.25, 0.3) is 0 Å². The summed E-state index contributed by atoms with van der Waals surface area (Å²) in [5.74, 6) is 1.43. The monoisotopic (exact) mass is 310 g/mol. The molecule has 0 radical (unpaired) electrons. The van der Waals surface area contributed by atoms with Crippen LogP contribution in [0.4, 0.5) is 0 Å². The normalized spacial score (nSPS) is 48.8. The molecule has 1 nitrogen and oxygen atoms in total.